The Labute approximate surface area is 109 Å². The summed E-state index contributed by atoms with van der Waals surface area (Å²) in [6.07, 6.45) is 2.88. The van der Waals surface area contributed by atoms with Crippen molar-refractivity contribution in [2.24, 2.45) is 11.8 Å². The van der Waals surface area contributed by atoms with E-state index in [2.05, 4.69) is 52.9 Å². The molecule has 0 aliphatic heterocycles. The molecule has 1 unspecified atom stereocenters. The molecular weight excluding hydrogens is 315 g/mol. The van der Waals surface area contributed by atoms with Gasteiger partial charge in [-0.15, -0.1) is 0 Å². The molecule has 1 aromatic rings. The van der Waals surface area contributed by atoms with E-state index in [1.165, 1.54) is 9.14 Å². The zero-order valence-corrected chi connectivity index (χ0v) is 11.1. The molecule has 0 bridgehead atoms. The highest BCUT2D eigenvalue weighted by Crippen LogP contribution is 2.44. The average molecular weight is 328 g/mol. The summed E-state index contributed by atoms with van der Waals surface area (Å²) in [4.78, 5) is 10.7. The average Bonchev–Trinajstić information content (AvgIpc) is 3.01. The van der Waals surface area contributed by atoms with E-state index in [-0.39, 0.29) is 11.8 Å². The second-order valence-corrected chi connectivity index (χ2v) is 5.47. The maximum Gasteiger partial charge on any atom is 0.307 e. The second kappa shape index (κ2) is 4.57. The maximum absolute atomic E-state index is 10.7. The number of carboxylic acid groups (broad SMARTS) is 1. The van der Waals surface area contributed by atoms with E-state index < -0.39 is 5.97 Å². The van der Waals surface area contributed by atoms with Gasteiger partial charge in [0.25, 0.3) is 0 Å². The van der Waals surface area contributed by atoms with E-state index in [0.29, 0.717) is 0 Å². The lowest BCUT2D eigenvalue weighted by atomic mass is 10.1. The lowest BCUT2D eigenvalue weighted by Gasteiger charge is -1.99. The Morgan fingerprint density at radius 1 is 1.38 bits per heavy atom. The Bertz CT molecular complexity index is 434. The molecule has 0 radical (unpaired) electrons. The summed E-state index contributed by atoms with van der Waals surface area (Å²) in [5.74, 6) is -0.572. The van der Waals surface area contributed by atoms with Crippen molar-refractivity contribution in [2.45, 2.75) is 13.3 Å². The van der Waals surface area contributed by atoms with Gasteiger partial charge in [-0.2, -0.15) is 0 Å². The smallest absolute Gasteiger partial charge is 0.307 e. The van der Waals surface area contributed by atoms with Crippen molar-refractivity contribution < 1.29 is 9.90 Å². The van der Waals surface area contributed by atoms with Crippen LogP contribution in [-0.2, 0) is 4.79 Å². The van der Waals surface area contributed by atoms with Gasteiger partial charge >= 0.3 is 5.97 Å². The number of hydrogen-bond donors (Lipinski definition) is 1. The van der Waals surface area contributed by atoms with Crippen LogP contribution in [0, 0.1) is 15.4 Å². The van der Waals surface area contributed by atoms with E-state index in [1.54, 1.807) is 0 Å². The Morgan fingerprint density at radius 3 is 2.50 bits per heavy atom. The van der Waals surface area contributed by atoms with Crippen LogP contribution in [0.1, 0.15) is 18.9 Å². The van der Waals surface area contributed by atoms with Crippen LogP contribution in [0.3, 0.4) is 0 Å². The van der Waals surface area contributed by atoms with Crippen LogP contribution in [0.15, 0.2) is 29.8 Å². The van der Waals surface area contributed by atoms with Gasteiger partial charge in [0.05, 0.1) is 5.92 Å². The van der Waals surface area contributed by atoms with Gasteiger partial charge in [0.1, 0.15) is 0 Å². The summed E-state index contributed by atoms with van der Waals surface area (Å²) in [7, 11) is 0. The predicted molar refractivity (Wildman–Crippen MR) is 72.0 cm³/mol. The molecule has 0 amide bonds. The number of benzene rings is 1. The van der Waals surface area contributed by atoms with Crippen molar-refractivity contribution in [2.75, 3.05) is 0 Å². The number of carboxylic acids is 1. The van der Waals surface area contributed by atoms with Crippen LogP contribution in [0.5, 0.6) is 0 Å². The molecular formula is C13H13IO2. The number of halogens is 1. The molecule has 84 valence electrons. The molecule has 1 saturated carbocycles. The highest BCUT2D eigenvalue weighted by atomic mass is 127. The molecule has 1 fully saturated rings. The predicted octanol–water partition coefficient (Wildman–Crippen LogP) is 3.42. The summed E-state index contributed by atoms with van der Waals surface area (Å²) in [6.45, 7) is 2.02. The van der Waals surface area contributed by atoms with E-state index >= 15 is 0 Å². The highest BCUT2D eigenvalue weighted by molar-refractivity contribution is 14.1. The van der Waals surface area contributed by atoms with Crippen molar-refractivity contribution in [1.82, 2.24) is 0 Å². The van der Waals surface area contributed by atoms with Gasteiger partial charge in [-0.25, -0.2) is 0 Å². The highest BCUT2D eigenvalue weighted by Gasteiger charge is 2.43. The SMILES string of the molecule is CC(=Cc1ccc(I)cc1)[C@@H]1CC1C(=O)O. The maximum atomic E-state index is 10.7. The second-order valence-electron chi connectivity index (χ2n) is 4.23. The van der Waals surface area contributed by atoms with Crippen molar-refractivity contribution in [3.05, 3.63) is 39.0 Å². The van der Waals surface area contributed by atoms with Crippen LogP contribution in [0.25, 0.3) is 6.08 Å². The minimum atomic E-state index is -0.666. The van der Waals surface area contributed by atoms with Gasteiger partial charge in [-0.1, -0.05) is 23.8 Å². The zero-order chi connectivity index (χ0) is 11.7. The van der Waals surface area contributed by atoms with Crippen LogP contribution < -0.4 is 0 Å². The first kappa shape index (κ1) is 11.6. The molecule has 1 aliphatic carbocycles. The van der Waals surface area contributed by atoms with E-state index in [4.69, 9.17) is 5.11 Å². The van der Waals surface area contributed by atoms with Gasteiger partial charge in [0.2, 0.25) is 0 Å². The van der Waals surface area contributed by atoms with Crippen LogP contribution in [0.2, 0.25) is 0 Å². The fraction of sp³-hybridized carbons (Fsp3) is 0.308. The largest absolute Gasteiger partial charge is 0.481 e. The van der Waals surface area contributed by atoms with Crippen LogP contribution >= 0.6 is 22.6 Å². The molecule has 2 nitrogen and oxygen atoms in total. The number of carbonyl (C=O) groups is 1. The van der Waals surface area contributed by atoms with Gasteiger partial charge in [0, 0.05) is 3.57 Å². The molecule has 2 atom stereocenters. The fourth-order valence-corrected chi connectivity index (χ4v) is 2.26. The Kier molecular flexibility index (Phi) is 3.33. The van der Waals surface area contributed by atoms with Gasteiger partial charge in [0.15, 0.2) is 0 Å². The van der Waals surface area contributed by atoms with E-state index in [0.717, 1.165) is 12.0 Å². The zero-order valence-electron chi connectivity index (χ0n) is 8.98. The molecule has 0 spiro atoms. The number of allylic oxidation sites excluding steroid dienone is 1. The monoisotopic (exact) mass is 328 g/mol. The van der Waals surface area contributed by atoms with Gasteiger partial charge in [-0.3, -0.25) is 4.79 Å². The number of rotatable bonds is 3. The minimum absolute atomic E-state index is 0.153. The molecule has 1 aromatic carbocycles. The molecule has 1 aliphatic rings. The summed E-state index contributed by atoms with van der Waals surface area (Å²) in [6, 6.07) is 8.23. The molecule has 0 aromatic heterocycles. The van der Waals surface area contributed by atoms with Crippen LogP contribution in [-0.4, -0.2) is 11.1 Å². The minimum Gasteiger partial charge on any atom is -0.481 e. The fourth-order valence-electron chi connectivity index (χ4n) is 1.90. The van der Waals surface area contributed by atoms with Crippen molar-refractivity contribution in [3.8, 4) is 0 Å². The van der Waals surface area contributed by atoms with Crippen LogP contribution in [0.4, 0.5) is 0 Å². The third-order valence-corrected chi connectivity index (χ3v) is 3.68. The summed E-state index contributed by atoms with van der Waals surface area (Å²) in [5, 5.41) is 8.85. The topological polar surface area (TPSA) is 37.3 Å². The van der Waals surface area contributed by atoms with Gasteiger partial charge < -0.3 is 5.11 Å². The van der Waals surface area contributed by atoms with Crippen molar-refractivity contribution in [3.63, 3.8) is 0 Å². The van der Waals surface area contributed by atoms with Gasteiger partial charge in [-0.05, 0) is 59.5 Å². The number of hydrogen-bond acceptors (Lipinski definition) is 1. The molecule has 1 N–H and O–H groups in total. The first-order valence-corrected chi connectivity index (χ1v) is 6.32. The Hall–Kier alpha value is -0.840. The first-order valence-electron chi connectivity index (χ1n) is 5.24. The molecule has 16 heavy (non-hydrogen) atoms. The lowest BCUT2D eigenvalue weighted by molar-refractivity contribution is -0.138. The van der Waals surface area contributed by atoms with E-state index in [9.17, 15) is 4.79 Å². The standard InChI is InChI=1S/C13H13IO2/c1-8(11-7-12(11)13(15)16)6-9-2-4-10(14)5-3-9/h2-6,11-12H,7H2,1H3,(H,15,16)/t11-,12?/m0/s1. The summed E-state index contributed by atoms with van der Waals surface area (Å²) in [5.41, 5.74) is 2.32. The summed E-state index contributed by atoms with van der Waals surface area (Å²) < 4.78 is 1.21. The normalized spacial score (nSPS) is 24.2. The van der Waals surface area contributed by atoms with E-state index in [1.807, 2.05) is 6.92 Å². The third-order valence-electron chi connectivity index (χ3n) is 2.96. The lowest BCUT2D eigenvalue weighted by Crippen LogP contribution is -1.99. The Morgan fingerprint density at radius 2 is 2.00 bits per heavy atom. The third kappa shape index (κ3) is 2.64. The summed E-state index contributed by atoms with van der Waals surface area (Å²) >= 11 is 2.27. The van der Waals surface area contributed by atoms with Crippen molar-refractivity contribution >= 4 is 34.6 Å². The first-order chi connectivity index (χ1) is 7.58. The Balaban J connectivity index is 2.08. The van der Waals surface area contributed by atoms with Crippen molar-refractivity contribution in [1.29, 1.82) is 0 Å². The number of aliphatic carboxylic acids is 1. The quantitative estimate of drug-likeness (QED) is 0.864. The molecule has 0 saturated heterocycles. The molecule has 0 heterocycles. The molecule has 2 rings (SSSR count). The molecule has 3 heteroatoms.